The number of aliphatic hydroxyl groups is 3. The number of carboxylic acids is 1. The number of carboxylic acid groups (broad SMARTS) is 1. The first-order chi connectivity index (χ1) is 15.6. The molecule has 2 aromatic carbocycles. The van der Waals surface area contributed by atoms with Gasteiger partial charge in [-0.15, -0.1) is 0 Å². The van der Waals surface area contributed by atoms with Crippen molar-refractivity contribution in [3.8, 4) is 0 Å². The normalized spacial score (nSPS) is 25.3. The molecule has 1 aromatic heterocycles. The van der Waals surface area contributed by atoms with Crippen molar-refractivity contribution in [1.29, 1.82) is 0 Å². The molecule has 174 valence electrons. The average Bonchev–Trinajstić information content (AvgIpc) is 2.77. The highest BCUT2D eigenvalue weighted by molar-refractivity contribution is 5.93. The number of aliphatic hydroxyl groups excluding tert-OH is 3. The zero-order chi connectivity index (χ0) is 24.0. The van der Waals surface area contributed by atoms with E-state index in [4.69, 9.17) is 19.0 Å². The van der Waals surface area contributed by atoms with Crippen molar-refractivity contribution in [2.24, 2.45) is 0 Å². The number of benzene rings is 2. The summed E-state index contributed by atoms with van der Waals surface area (Å²) in [6, 6.07) is 8.24. The molecule has 5 atom stereocenters. The van der Waals surface area contributed by atoms with Crippen LogP contribution in [0.5, 0.6) is 0 Å². The lowest BCUT2D eigenvalue weighted by Crippen LogP contribution is -2.60. The molecule has 4 rings (SSSR count). The number of para-hydroxylation sites is 1. The summed E-state index contributed by atoms with van der Waals surface area (Å²) in [5.41, 5.74) is 2.40. The predicted octanol–water partition coefficient (Wildman–Crippen LogP) is 0.541. The summed E-state index contributed by atoms with van der Waals surface area (Å²) in [6.07, 6.45) is -9.76. The Hall–Kier alpha value is -3.31. The Morgan fingerprint density at radius 1 is 0.970 bits per heavy atom. The van der Waals surface area contributed by atoms with Crippen molar-refractivity contribution in [2.45, 2.75) is 51.0 Å². The molecule has 33 heavy (non-hydrogen) atoms. The molecule has 0 amide bonds. The van der Waals surface area contributed by atoms with Crippen molar-refractivity contribution < 1.29 is 43.9 Å². The quantitative estimate of drug-likeness (QED) is 0.320. The van der Waals surface area contributed by atoms with Crippen LogP contribution in [-0.2, 0) is 25.5 Å². The smallest absolute Gasteiger partial charge is 0.335 e. The van der Waals surface area contributed by atoms with Gasteiger partial charge in [0.05, 0.1) is 17.2 Å². The number of fused-ring (bicyclic) bond motifs is 2. The van der Waals surface area contributed by atoms with Gasteiger partial charge < -0.3 is 34.3 Å². The molecule has 4 N–H and O–H groups in total. The van der Waals surface area contributed by atoms with Gasteiger partial charge in [0, 0.05) is 5.56 Å². The van der Waals surface area contributed by atoms with E-state index < -0.39 is 42.6 Å². The lowest BCUT2D eigenvalue weighted by Gasteiger charge is -2.37. The second-order valence-electron chi connectivity index (χ2n) is 8.01. The highest BCUT2D eigenvalue weighted by Gasteiger charge is 2.48. The Balaban J connectivity index is 1.65. The third-order valence-electron chi connectivity index (χ3n) is 5.86. The Morgan fingerprint density at radius 2 is 1.67 bits per heavy atom. The molecule has 1 fully saturated rings. The molecule has 1 unspecified atom stereocenters. The van der Waals surface area contributed by atoms with Gasteiger partial charge in [-0.3, -0.25) is 9.59 Å². The molecule has 1 aliphatic rings. The minimum atomic E-state index is -1.90. The standard InChI is InChI=1S/C23H22O10/c1-9-6-7-13-15(25)12-5-3-4-11(20(12)32-19(13)10(9)2)8-14(24)31-23-18(28)16(26)17(27)21(33-23)22(29)30/h3-7,16-18,21,23,26-28H,8H2,1-2H3,(H,29,30)/t16-,17-,18+,21-,23?/m0/s1. The summed E-state index contributed by atoms with van der Waals surface area (Å²) < 4.78 is 16.0. The molecular formula is C23H22O10. The van der Waals surface area contributed by atoms with E-state index in [0.29, 0.717) is 16.5 Å². The fraction of sp³-hybridized carbons (Fsp3) is 0.348. The maximum atomic E-state index is 13.0. The van der Waals surface area contributed by atoms with Crippen LogP contribution in [0.4, 0.5) is 0 Å². The monoisotopic (exact) mass is 458 g/mol. The van der Waals surface area contributed by atoms with Gasteiger partial charge in [0.25, 0.3) is 0 Å². The van der Waals surface area contributed by atoms with E-state index in [0.717, 1.165) is 11.1 Å². The van der Waals surface area contributed by atoms with Crippen molar-refractivity contribution in [2.75, 3.05) is 0 Å². The Kier molecular flexibility index (Phi) is 5.93. The molecule has 3 aromatic rings. The number of hydrogen-bond donors (Lipinski definition) is 4. The number of rotatable bonds is 4. The fourth-order valence-corrected chi connectivity index (χ4v) is 3.85. The lowest BCUT2D eigenvalue weighted by atomic mass is 9.99. The minimum Gasteiger partial charge on any atom is -0.479 e. The topological polar surface area (TPSA) is 164 Å². The van der Waals surface area contributed by atoms with E-state index in [1.54, 1.807) is 24.3 Å². The summed E-state index contributed by atoms with van der Waals surface area (Å²) in [4.78, 5) is 36.8. The second kappa shape index (κ2) is 8.56. The average molecular weight is 458 g/mol. The molecule has 0 radical (unpaired) electrons. The molecule has 0 bridgehead atoms. The molecule has 10 heteroatoms. The number of ether oxygens (including phenoxy) is 2. The third-order valence-corrected chi connectivity index (χ3v) is 5.86. The van der Waals surface area contributed by atoms with Crippen molar-refractivity contribution in [3.05, 3.63) is 57.2 Å². The van der Waals surface area contributed by atoms with Gasteiger partial charge in [0.15, 0.2) is 6.10 Å². The largest absolute Gasteiger partial charge is 0.479 e. The molecule has 1 aliphatic heterocycles. The summed E-state index contributed by atoms with van der Waals surface area (Å²) in [7, 11) is 0. The zero-order valence-electron chi connectivity index (χ0n) is 17.7. The second-order valence-corrected chi connectivity index (χ2v) is 8.01. The number of hydrogen-bond acceptors (Lipinski definition) is 9. The highest BCUT2D eigenvalue weighted by atomic mass is 16.7. The van der Waals surface area contributed by atoms with Crippen molar-refractivity contribution in [3.63, 3.8) is 0 Å². The first kappa shape index (κ1) is 22.9. The summed E-state index contributed by atoms with van der Waals surface area (Å²) in [5.74, 6) is -2.52. The van der Waals surface area contributed by atoms with Gasteiger partial charge in [0.1, 0.15) is 29.5 Å². The van der Waals surface area contributed by atoms with Crippen LogP contribution in [0.25, 0.3) is 21.9 Å². The Bertz CT molecular complexity index is 1310. The van der Waals surface area contributed by atoms with Gasteiger partial charge in [-0.25, -0.2) is 4.79 Å². The van der Waals surface area contributed by atoms with Crippen molar-refractivity contribution >= 4 is 33.9 Å². The van der Waals surface area contributed by atoms with Crippen molar-refractivity contribution in [1.82, 2.24) is 0 Å². The highest BCUT2D eigenvalue weighted by Crippen LogP contribution is 2.27. The van der Waals surface area contributed by atoms with Crippen LogP contribution < -0.4 is 5.43 Å². The van der Waals surface area contributed by atoms with Gasteiger partial charge in [-0.05, 0) is 37.1 Å². The number of aliphatic carboxylic acids is 1. The van der Waals surface area contributed by atoms with Gasteiger partial charge in [-0.2, -0.15) is 0 Å². The maximum Gasteiger partial charge on any atom is 0.335 e. The summed E-state index contributed by atoms with van der Waals surface area (Å²) >= 11 is 0. The van der Waals surface area contributed by atoms with Gasteiger partial charge in [0.2, 0.25) is 11.7 Å². The Morgan fingerprint density at radius 3 is 2.36 bits per heavy atom. The van der Waals surface area contributed by atoms with E-state index in [9.17, 15) is 29.7 Å². The number of aryl methyl sites for hydroxylation is 2. The number of esters is 1. The summed E-state index contributed by atoms with van der Waals surface area (Å²) in [6.45, 7) is 3.71. The first-order valence-corrected chi connectivity index (χ1v) is 10.2. The number of carbonyl (C=O) groups is 2. The van der Waals surface area contributed by atoms with Crippen LogP contribution >= 0.6 is 0 Å². The molecule has 0 spiro atoms. The fourth-order valence-electron chi connectivity index (χ4n) is 3.85. The van der Waals surface area contributed by atoms with E-state index in [1.165, 1.54) is 0 Å². The molecule has 1 saturated heterocycles. The first-order valence-electron chi connectivity index (χ1n) is 10.2. The van der Waals surface area contributed by atoms with Crippen LogP contribution in [0.15, 0.2) is 39.5 Å². The zero-order valence-corrected chi connectivity index (χ0v) is 17.7. The molecule has 0 saturated carbocycles. The summed E-state index contributed by atoms with van der Waals surface area (Å²) in [5, 5.41) is 39.5. The van der Waals surface area contributed by atoms with Crippen LogP contribution in [0, 0.1) is 13.8 Å². The van der Waals surface area contributed by atoms with Crippen LogP contribution in [0.3, 0.4) is 0 Å². The van der Waals surface area contributed by atoms with E-state index in [2.05, 4.69) is 0 Å². The number of carbonyl (C=O) groups excluding carboxylic acids is 1. The lowest BCUT2D eigenvalue weighted by molar-refractivity contribution is -0.286. The molecule has 0 aliphatic carbocycles. The molecular weight excluding hydrogens is 436 g/mol. The van der Waals surface area contributed by atoms with Crippen LogP contribution in [-0.4, -0.2) is 63.1 Å². The van der Waals surface area contributed by atoms with E-state index in [-0.39, 0.29) is 22.8 Å². The SMILES string of the molecule is Cc1ccc2c(=O)c3cccc(CC(=O)OC4O[C@H](C(=O)O)[C@@H](O)[C@H](O)[C@H]4O)c3oc2c1C. The van der Waals surface area contributed by atoms with Crippen LogP contribution in [0.2, 0.25) is 0 Å². The molecule has 10 nitrogen and oxygen atoms in total. The van der Waals surface area contributed by atoms with Gasteiger partial charge >= 0.3 is 11.9 Å². The van der Waals surface area contributed by atoms with E-state index in [1.807, 2.05) is 19.9 Å². The van der Waals surface area contributed by atoms with Gasteiger partial charge in [-0.1, -0.05) is 18.2 Å². The third kappa shape index (κ3) is 3.98. The van der Waals surface area contributed by atoms with E-state index >= 15 is 0 Å². The van der Waals surface area contributed by atoms with Crippen LogP contribution in [0.1, 0.15) is 16.7 Å². The molecule has 2 heterocycles. The predicted molar refractivity (Wildman–Crippen MR) is 114 cm³/mol. The Labute approximate surface area is 186 Å². The maximum absolute atomic E-state index is 13.0. The minimum absolute atomic E-state index is 0.199.